The van der Waals surface area contributed by atoms with Crippen LogP contribution in [0.25, 0.3) is 10.2 Å². The summed E-state index contributed by atoms with van der Waals surface area (Å²) in [6.07, 6.45) is 0.602. The van der Waals surface area contributed by atoms with Crippen molar-refractivity contribution in [3.63, 3.8) is 0 Å². The first-order valence-electron chi connectivity index (χ1n) is 13.0. The van der Waals surface area contributed by atoms with Crippen LogP contribution in [0.15, 0.2) is 63.9 Å². The van der Waals surface area contributed by atoms with Gasteiger partial charge in [-0.1, -0.05) is 30.0 Å². The highest BCUT2D eigenvalue weighted by Crippen LogP contribution is 2.30. The predicted octanol–water partition coefficient (Wildman–Crippen LogP) is 4.17. The van der Waals surface area contributed by atoms with Crippen LogP contribution in [-0.4, -0.2) is 73.6 Å². The molecule has 3 heterocycles. The molecular formula is C29H32N4O5S2. The maximum atomic E-state index is 13.4. The van der Waals surface area contributed by atoms with E-state index in [0.29, 0.717) is 52.9 Å². The number of hydrogen-bond acceptors (Lipinski definition) is 9. The standard InChI is InChI=1S/C29H32N4O5S2/c1-36-23-7-5-4-6-22(23)31-13-15-32(16-14-31)26(34)19-40-29-30-21-11-17-39-27(21)28(35)33(29)12-10-20-8-9-24(37-2)25(18-20)38-3/h4-9,11,17-18H,10,12-16,19H2,1-3H3. The Labute approximate surface area is 241 Å². The summed E-state index contributed by atoms with van der Waals surface area (Å²) >= 11 is 2.71. The second-order valence-electron chi connectivity index (χ2n) is 9.25. The lowest BCUT2D eigenvalue weighted by atomic mass is 10.1. The first-order valence-corrected chi connectivity index (χ1v) is 14.9. The number of carbonyl (C=O) groups is 1. The third kappa shape index (κ3) is 5.90. The van der Waals surface area contributed by atoms with Gasteiger partial charge in [0.1, 0.15) is 10.4 Å². The zero-order valence-electron chi connectivity index (χ0n) is 22.8. The molecule has 0 aliphatic carbocycles. The molecule has 0 radical (unpaired) electrons. The van der Waals surface area contributed by atoms with Crippen molar-refractivity contribution >= 4 is 44.9 Å². The molecule has 0 unspecified atom stereocenters. The van der Waals surface area contributed by atoms with Gasteiger partial charge in [0.25, 0.3) is 5.56 Å². The monoisotopic (exact) mass is 580 g/mol. The second-order valence-corrected chi connectivity index (χ2v) is 11.1. The molecule has 0 saturated carbocycles. The summed E-state index contributed by atoms with van der Waals surface area (Å²) in [4.78, 5) is 35.5. The van der Waals surface area contributed by atoms with Crippen molar-refractivity contribution in [3.8, 4) is 17.2 Å². The number of para-hydroxylation sites is 2. The topological polar surface area (TPSA) is 86.1 Å². The Hall–Kier alpha value is -3.70. The van der Waals surface area contributed by atoms with E-state index in [9.17, 15) is 9.59 Å². The number of rotatable bonds is 10. The predicted molar refractivity (Wildman–Crippen MR) is 160 cm³/mol. The molecule has 9 nitrogen and oxygen atoms in total. The van der Waals surface area contributed by atoms with Crippen LogP contribution in [0, 0.1) is 0 Å². The maximum absolute atomic E-state index is 13.4. The van der Waals surface area contributed by atoms with Crippen LogP contribution in [0.3, 0.4) is 0 Å². The number of carbonyl (C=O) groups excluding carboxylic acids is 1. The lowest BCUT2D eigenvalue weighted by molar-refractivity contribution is -0.128. The molecule has 1 amide bonds. The van der Waals surface area contributed by atoms with E-state index in [2.05, 4.69) is 4.90 Å². The van der Waals surface area contributed by atoms with Crippen molar-refractivity contribution in [2.24, 2.45) is 0 Å². The van der Waals surface area contributed by atoms with Crippen molar-refractivity contribution in [1.82, 2.24) is 14.5 Å². The van der Waals surface area contributed by atoms with Gasteiger partial charge < -0.3 is 24.0 Å². The summed E-state index contributed by atoms with van der Waals surface area (Å²) in [7, 11) is 4.87. The highest BCUT2D eigenvalue weighted by molar-refractivity contribution is 7.99. The molecule has 0 atom stereocenters. The summed E-state index contributed by atoms with van der Waals surface area (Å²) in [6.45, 7) is 3.14. The fourth-order valence-electron chi connectivity index (χ4n) is 4.81. The molecule has 2 aromatic carbocycles. The molecule has 210 valence electrons. The number of hydrogen-bond donors (Lipinski definition) is 0. The van der Waals surface area contributed by atoms with Gasteiger partial charge in [0, 0.05) is 32.7 Å². The van der Waals surface area contributed by atoms with Crippen LogP contribution >= 0.6 is 23.1 Å². The van der Waals surface area contributed by atoms with E-state index < -0.39 is 0 Å². The van der Waals surface area contributed by atoms with Crippen LogP contribution in [0.1, 0.15) is 5.56 Å². The number of thioether (sulfide) groups is 1. The lowest BCUT2D eigenvalue weighted by Crippen LogP contribution is -2.49. The summed E-state index contributed by atoms with van der Waals surface area (Å²) < 4.78 is 18.6. The number of amides is 1. The van der Waals surface area contributed by atoms with Crippen LogP contribution < -0.4 is 24.7 Å². The van der Waals surface area contributed by atoms with E-state index in [4.69, 9.17) is 19.2 Å². The molecule has 0 N–H and O–H groups in total. The minimum absolute atomic E-state index is 0.0378. The number of fused-ring (bicyclic) bond motifs is 1. The Balaban J connectivity index is 1.26. The fraction of sp³-hybridized carbons (Fsp3) is 0.345. The number of benzene rings is 2. The van der Waals surface area contributed by atoms with Gasteiger partial charge in [-0.2, -0.15) is 0 Å². The minimum atomic E-state index is -0.0825. The molecule has 1 saturated heterocycles. The van der Waals surface area contributed by atoms with Gasteiger partial charge >= 0.3 is 0 Å². The van der Waals surface area contributed by atoms with E-state index in [0.717, 1.165) is 30.1 Å². The number of nitrogens with zero attached hydrogens (tertiary/aromatic N) is 4. The maximum Gasteiger partial charge on any atom is 0.272 e. The Morgan fingerprint density at radius 2 is 1.70 bits per heavy atom. The van der Waals surface area contributed by atoms with Crippen molar-refractivity contribution < 1.29 is 19.0 Å². The van der Waals surface area contributed by atoms with Gasteiger partial charge in [-0.3, -0.25) is 14.2 Å². The summed E-state index contributed by atoms with van der Waals surface area (Å²) in [5.74, 6) is 2.39. The van der Waals surface area contributed by atoms with Gasteiger partial charge in [0.15, 0.2) is 16.7 Å². The highest BCUT2D eigenvalue weighted by Gasteiger charge is 2.24. The lowest BCUT2D eigenvalue weighted by Gasteiger charge is -2.36. The number of piperazine rings is 1. The molecule has 2 aromatic heterocycles. The zero-order valence-corrected chi connectivity index (χ0v) is 24.4. The minimum Gasteiger partial charge on any atom is -0.495 e. The van der Waals surface area contributed by atoms with Gasteiger partial charge in [-0.25, -0.2) is 4.98 Å². The number of methoxy groups -OCH3 is 3. The van der Waals surface area contributed by atoms with Crippen LogP contribution in [0.5, 0.6) is 17.2 Å². The Morgan fingerprint density at radius 3 is 2.45 bits per heavy atom. The molecular weight excluding hydrogens is 548 g/mol. The Bertz CT molecular complexity index is 1550. The van der Waals surface area contributed by atoms with Gasteiger partial charge in [-0.15, -0.1) is 11.3 Å². The fourth-order valence-corrected chi connectivity index (χ4v) is 6.52. The van der Waals surface area contributed by atoms with Crippen molar-refractivity contribution in [2.45, 2.75) is 18.1 Å². The molecule has 1 fully saturated rings. The van der Waals surface area contributed by atoms with Gasteiger partial charge in [0.05, 0.1) is 38.3 Å². The average Bonchev–Trinajstić information content (AvgIpc) is 3.48. The summed E-state index contributed by atoms with van der Waals surface area (Å²) in [5.41, 5.74) is 2.63. The number of ether oxygens (including phenoxy) is 3. The third-order valence-electron chi connectivity index (χ3n) is 6.99. The first-order chi connectivity index (χ1) is 19.5. The SMILES string of the molecule is COc1ccc(CCn2c(SCC(=O)N3CCN(c4ccccc4OC)CC3)nc3ccsc3c2=O)cc1OC. The van der Waals surface area contributed by atoms with Gasteiger partial charge in [0.2, 0.25) is 5.91 Å². The summed E-state index contributed by atoms with van der Waals surface area (Å²) in [5, 5.41) is 2.43. The van der Waals surface area contributed by atoms with E-state index in [1.165, 1.54) is 23.1 Å². The zero-order chi connectivity index (χ0) is 28.1. The molecule has 4 aromatic rings. The van der Waals surface area contributed by atoms with Crippen molar-refractivity contribution in [2.75, 3.05) is 58.2 Å². The molecule has 11 heteroatoms. The molecule has 0 bridgehead atoms. The summed E-state index contributed by atoms with van der Waals surface area (Å²) in [6, 6.07) is 15.5. The normalized spacial score (nSPS) is 13.5. The molecule has 1 aliphatic rings. The van der Waals surface area contributed by atoms with Crippen molar-refractivity contribution in [3.05, 3.63) is 69.8 Å². The van der Waals surface area contributed by atoms with Crippen LogP contribution in [0.4, 0.5) is 5.69 Å². The number of anilines is 1. The molecule has 0 spiro atoms. The first kappa shape index (κ1) is 27.9. The molecule has 1 aliphatic heterocycles. The molecule has 40 heavy (non-hydrogen) atoms. The van der Waals surface area contributed by atoms with Crippen molar-refractivity contribution in [1.29, 1.82) is 0 Å². The van der Waals surface area contributed by atoms with E-state index >= 15 is 0 Å². The average molecular weight is 581 g/mol. The van der Waals surface area contributed by atoms with Crippen LogP contribution in [-0.2, 0) is 17.8 Å². The van der Waals surface area contributed by atoms with E-state index in [1.54, 1.807) is 25.9 Å². The number of thiophene rings is 1. The van der Waals surface area contributed by atoms with E-state index in [1.807, 2.05) is 58.8 Å². The largest absolute Gasteiger partial charge is 0.495 e. The smallest absolute Gasteiger partial charge is 0.272 e. The van der Waals surface area contributed by atoms with Gasteiger partial charge in [-0.05, 0) is 47.7 Å². The highest BCUT2D eigenvalue weighted by atomic mass is 32.2. The quantitative estimate of drug-likeness (QED) is 0.204. The molecule has 5 rings (SSSR count). The number of aryl methyl sites for hydroxylation is 1. The third-order valence-corrected chi connectivity index (χ3v) is 8.84. The van der Waals surface area contributed by atoms with Crippen LogP contribution in [0.2, 0.25) is 0 Å². The number of aromatic nitrogens is 2. The van der Waals surface area contributed by atoms with E-state index in [-0.39, 0.29) is 17.2 Å². The second kappa shape index (κ2) is 12.6. The Kier molecular flexibility index (Phi) is 8.81. The Morgan fingerprint density at radius 1 is 0.950 bits per heavy atom.